The van der Waals surface area contributed by atoms with Gasteiger partial charge in [0.15, 0.2) is 24.0 Å². The number of likely N-dealkylation sites (N-methyl/N-ethyl adjacent to an activating group) is 1. The number of benzene rings is 2. The summed E-state index contributed by atoms with van der Waals surface area (Å²) >= 11 is 6.57. The molecular weight excluding hydrogens is 790 g/mol. The summed E-state index contributed by atoms with van der Waals surface area (Å²) in [6.07, 6.45) is 2.77. The molecule has 2 aliphatic heterocycles. The molecule has 316 valence electrons. The number of quaternary nitrogens is 1. The smallest absolute Gasteiger partial charge is 0.359 e. The summed E-state index contributed by atoms with van der Waals surface area (Å²) in [6, 6.07) is 7.23. The van der Waals surface area contributed by atoms with Crippen LogP contribution in [0.4, 0.5) is 19.3 Å². The second-order valence-corrected chi connectivity index (χ2v) is 15.2. The second-order valence-electron chi connectivity index (χ2n) is 14.8. The molecule has 0 spiro atoms. The first-order valence-corrected chi connectivity index (χ1v) is 19.9. The van der Waals surface area contributed by atoms with E-state index in [1.54, 1.807) is 33.4 Å². The molecule has 2 aliphatic rings. The van der Waals surface area contributed by atoms with Gasteiger partial charge in [0.05, 0.1) is 61.5 Å². The number of carboxylic acid groups (broad SMARTS) is 1. The van der Waals surface area contributed by atoms with Crippen molar-refractivity contribution in [2.24, 2.45) is 13.0 Å². The first kappa shape index (κ1) is 43.2. The monoisotopic (exact) mass is 839 g/mol. The number of imidazole rings is 1. The molecule has 6 rings (SSSR count). The van der Waals surface area contributed by atoms with Gasteiger partial charge in [-0.3, -0.25) is 14.3 Å². The van der Waals surface area contributed by atoms with E-state index in [0.29, 0.717) is 63.1 Å². The Hall–Kier alpha value is -5.43. The summed E-state index contributed by atoms with van der Waals surface area (Å²) in [5.74, 6) is -3.63. The molecule has 16 nitrogen and oxygen atoms in total. The highest BCUT2D eigenvalue weighted by molar-refractivity contribution is 6.34. The minimum absolute atomic E-state index is 0.00266. The zero-order valence-corrected chi connectivity index (χ0v) is 34.3. The third-order valence-electron chi connectivity index (χ3n) is 11.0. The molecule has 59 heavy (non-hydrogen) atoms. The minimum atomic E-state index is -1.10. The normalized spacial score (nSPS) is 14.9. The minimum Gasteiger partial charge on any atom is -0.477 e. The number of carbonyl (C=O) groups is 4. The van der Waals surface area contributed by atoms with Crippen molar-refractivity contribution in [2.45, 2.75) is 20.4 Å². The molecule has 2 saturated heterocycles. The first-order chi connectivity index (χ1) is 28.3. The van der Waals surface area contributed by atoms with Gasteiger partial charge in [-0.1, -0.05) is 17.7 Å². The fourth-order valence-corrected chi connectivity index (χ4v) is 7.69. The van der Waals surface area contributed by atoms with Crippen molar-refractivity contribution in [2.75, 3.05) is 91.0 Å². The lowest BCUT2D eigenvalue weighted by molar-refractivity contribution is -0.895. The molecule has 1 unspecified atom stereocenters. The number of carboxylic acids is 1. The van der Waals surface area contributed by atoms with Gasteiger partial charge in [-0.05, 0) is 38.1 Å². The largest absolute Gasteiger partial charge is 0.477 e. The van der Waals surface area contributed by atoms with E-state index in [2.05, 4.69) is 20.7 Å². The van der Waals surface area contributed by atoms with Gasteiger partial charge in [0.2, 0.25) is 0 Å². The van der Waals surface area contributed by atoms with Gasteiger partial charge < -0.3 is 44.6 Å². The number of carbonyl (C=O) groups excluding carboxylic acids is 3. The van der Waals surface area contributed by atoms with Crippen molar-refractivity contribution in [3.63, 3.8) is 0 Å². The molecule has 0 aliphatic carbocycles. The number of aliphatic carboxylic acids is 1. The Morgan fingerprint density at radius 1 is 1.03 bits per heavy atom. The van der Waals surface area contributed by atoms with E-state index in [9.17, 15) is 24.3 Å². The van der Waals surface area contributed by atoms with Gasteiger partial charge in [-0.15, -0.1) is 0 Å². The molecule has 0 bridgehead atoms. The van der Waals surface area contributed by atoms with Crippen molar-refractivity contribution in [1.82, 2.24) is 39.3 Å². The predicted molar refractivity (Wildman–Crippen MR) is 215 cm³/mol. The maximum atomic E-state index is 15.6. The number of piperazine rings is 1. The van der Waals surface area contributed by atoms with Crippen LogP contribution in [0.1, 0.15) is 33.6 Å². The van der Waals surface area contributed by atoms with Gasteiger partial charge in [0.1, 0.15) is 0 Å². The molecule has 0 radical (unpaired) electrons. The number of hydrogen-bond acceptors (Lipinski definition) is 8. The van der Waals surface area contributed by atoms with Crippen LogP contribution in [0.5, 0.6) is 0 Å². The molecule has 1 atom stereocenters. The summed E-state index contributed by atoms with van der Waals surface area (Å²) in [5.41, 5.74) is 1.76. The molecule has 4 N–H and O–H groups in total. The Balaban J connectivity index is 1.04. The topological polar surface area (TPSA) is 172 Å². The van der Waals surface area contributed by atoms with Gasteiger partial charge >= 0.3 is 12.0 Å². The lowest BCUT2D eigenvalue weighted by Crippen LogP contribution is -3.14. The van der Waals surface area contributed by atoms with Crippen LogP contribution in [0.15, 0.2) is 42.7 Å². The summed E-state index contributed by atoms with van der Waals surface area (Å²) in [6.45, 7) is 9.65. The van der Waals surface area contributed by atoms with E-state index in [0.717, 1.165) is 24.5 Å². The van der Waals surface area contributed by atoms with Gasteiger partial charge in [-0.2, -0.15) is 5.10 Å². The van der Waals surface area contributed by atoms with Crippen LogP contribution >= 0.6 is 11.6 Å². The van der Waals surface area contributed by atoms with Crippen molar-refractivity contribution in [3.05, 3.63) is 76.5 Å². The molecule has 2 aromatic heterocycles. The Kier molecular flexibility index (Phi) is 14.0. The third kappa shape index (κ3) is 9.73. The van der Waals surface area contributed by atoms with Crippen LogP contribution in [0.25, 0.3) is 22.4 Å². The third-order valence-corrected chi connectivity index (χ3v) is 11.3. The van der Waals surface area contributed by atoms with Crippen LogP contribution < -0.4 is 15.5 Å². The number of aromatic nitrogens is 4. The fourth-order valence-electron chi connectivity index (χ4n) is 7.42. The standard InChI is InChI=1S/C40H49ClF2N10O6/c1-5-50(11-10-49(24-34(54)55)23-26-19-44-20-26)40(58)52-14-12-51(13-15-52)39(57)29-7-6-27(18-32(29)41)47-38(56)37-45-22-33(48(37)3)30-9-8-28(35(42)36(30)43)31-21-46-53(25(31)2)16-17-59-4/h6-9,18,21-22,26,44H,5,10-17,19-20,23-24H2,1-4H3,(H,47,56)(H,54,55)/p+1. The van der Waals surface area contributed by atoms with Crippen molar-refractivity contribution >= 4 is 41.1 Å². The second kappa shape index (κ2) is 19.1. The van der Waals surface area contributed by atoms with Crippen molar-refractivity contribution < 1.29 is 42.7 Å². The molecular formula is C40H50ClF2N10O6+. The number of nitrogens with zero attached hydrogens (tertiary/aromatic N) is 7. The predicted octanol–water partition coefficient (Wildman–Crippen LogP) is 2.48. The fraction of sp³-hybridized carbons (Fsp3) is 0.450. The van der Waals surface area contributed by atoms with Gasteiger partial charge in [-0.25, -0.2) is 23.4 Å². The number of nitrogens with one attached hydrogen (secondary N) is 3. The Labute approximate surface area is 345 Å². The molecule has 0 saturated carbocycles. The lowest BCUT2D eigenvalue weighted by atomic mass is 10.0. The molecule has 4 aromatic rings. The number of anilines is 1. The lowest BCUT2D eigenvalue weighted by Gasteiger charge is -2.38. The Morgan fingerprint density at radius 2 is 1.73 bits per heavy atom. The summed E-state index contributed by atoms with van der Waals surface area (Å²) in [5, 5.41) is 19.7. The highest BCUT2D eigenvalue weighted by Crippen LogP contribution is 2.33. The van der Waals surface area contributed by atoms with Crippen LogP contribution in [-0.4, -0.2) is 149 Å². The molecule has 4 heterocycles. The number of ether oxygens (including phenoxy) is 1. The molecule has 19 heteroatoms. The summed E-state index contributed by atoms with van der Waals surface area (Å²) in [7, 11) is 3.08. The Morgan fingerprint density at radius 3 is 2.37 bits per heavy atom. The van der Waals surface area contributed by atoms with Gasteiger partial charge in [0, 0.05) is 94.0 Å². The van der Waals surface area contributed by atoms with E-state index < -0.39 is 23.5 Å². The Bertz CT molecular complexity index is 2190. The zero-order chi connectivity index (χ0) is 42.4. The van der Waals surface area contributed by atoms with E-state index >= 15 is 8.78 Å². The van der Waals surface area contributed by atoms with E-state index in [4.69, 9.17) is 16.3 Å². The van der Waals surface area contributed by atoms with E-state index in [1.807, 2.05) is 6.92 Å². The molecule has 4 amide bonds. The van der Waals surface area contributed by atoms with Crippen LogP contribution in [0.2, 0.25) is 5.02 Å². The average molecular weight is 840 g/mol. The number of rotatable bonds is 16. The summed E-state index contributed by atoms with van der Waals surface area (Å²) in [4.78, 5) is 61.9. The SMILES string of the molecule is CCN(CC[NH+](CC(=O)O)CC1CNC1)C(=O)N1CCN(C(=O)c2ccc(NC(=O)c3ncc(-c4ccc(-c5cnn(CCOC)c5C)c(F)c4F)n3C)cc2Cl)CC1. The molecule has 2 aromatic carbocycles. The maximum Gasteiger partial charge on any atom is 0.359 e. The number of urea groups is 1. The van der Waals surface area contributed by atoms with E-state index in [-0.39, 0.29) is 70.5 Å². The quantitative estimate of drug-likeness (QED) is 0.132. The first-order valence-electron chi connectivity index (χ1n) is 19.5. The van der Waals surface area contributed by atoms with Crippen LogP contribution in [0, 0.1) is 24.5 Å². The number of halogens is 3. The summed E-state index contributed by atoms with van der Waals surface area (Å²) < 4.78 is 39.2. The molecule has 2 fully saturated rings. The highest BCUT2D eigenvalue weighted by atomic mass is 35.5. The maximum absolute atomic E-state index is 15.6. The van der Waals surface area contributed by atoms with Gasteiger partial charge in [0.25, 0.3) is 11.8 Å². The zero-order valence-electron chi connectivity index (χ0n) is 33.6. The van der Waals surface area contributed by atoms with Crippen LogP contribution in [-0.2, 0) is 23.1 Å². The number of amides is 4. The van der Waals surface area contributed by atoms with E-state index in [1.165, 1.54) is 54.3 Å². The van der Waals surface area contributed by atoms with Crippen molar-refractivity contribution in [3.8, 4) is 22.4 Å². The number of methoxy groups -OCH3 is 1. The highest BCUT2D eigenvalue weighted by Gasteiger charge is 2.30. The van der Waals surface area contributed by atoms with Crippen molar-refractivity contribution in [1.29, 1.82) is 0 Å². The number of hydrogen-bond donors (Lipinski definition) is 4. The van der Waals surface area contributed by atoms with Crippen LogP contribution in [0.3, 0.4) is 0 Å². The average Bonchev–Trinajstić information content (AvgIpc) is 3.77.